The Balaban J connectivity index is 3.04. The zero-order valence-electron chi connectivity index (χ0n) is 11.3. The first-order valence-electron chi connectivity index (χ1n) is 5.83. The minimum absolute atomic E-state index is 0.0655. The van der Waals surface area contributed by atoms with E-state index in [1.165, 1.54) is 12.1 Å². The fourth-order valence-corrected chi connectivity index (χ4v) is 2.20. The Labute approximate surface area is 114 Å². The molecule has 0 fully saturated rings. The van der Waals surface area contributed by atoms with Crippen molar-refractivity contribution in [3.05, 3.63) is 35.4 Å². The number of hydrogen-bond donors (Lipinski definition) is 1. The molecule has 0 spiro atoms. The van der Waals surface area contributed by atoms with Gasteiger partial charge in [0.25, 0.3) is 0 Å². The summed E-state index contributed by atoms with van der Waals surface area (Å²) in [7, 11) is -1.79. The maximum atomic E-state index is 13.1. The molecule has 2 atom stereocenters. The van der Waals surface area contributed by atoms with Crippen molar-refractivity contribution in [1.82, 2.24) is 4.72 Å². The zero-order valence-corrected chi connectivity index (χ0v) is 12.2. The van der Waals surface area contributed by atoms with Crippen molar-refractivity contribution in [1.29, 1.82) is 0 Å². The SMILES string of the molecule is Cc1ccc([C@@H](NS(=O)C(C)(C)C)C(F)(F)F)cc1. The van der Waals surface area contributed by atoms with Gasteiger partial charge in [-0.05, 0) is 33.3 Å². The summed E-state index contributed by atoms with van der Waals surface area (Å²) >= 11 is 0. The highest BCUT2D eigenvalue weighted by molar-refractivity contribution is 7.84. The Morgan fingerprint density at radius 2 is 1.58 bits per heavy atom. The summed E-state index contributed by atoms with van der Waals surface area (Å²) in [4.78, 5) is 0. The molecule has 1 aromatic rings. The smallest absolute Gasteiger partial charge is 0.242 e. The summed E-state index contributed by atoms with van der Waals surface area (Å²) in [6.07, 6.45) is -4.49. The first-order valence-corrected chi connectivity index (χ1v) is 6.98. The first-order chi connectivity index (χ1) is 8.51. The molecule has 108 valence electrons. The van der Waals surface area contributed by atoms with Crippen LogP contribution < -0.4 is 4.72 Å². The molecule has 0 heterocycles. The number of nitrogens with one attached hydrogen (secondary N) is 1. The van der Waals surface area contributed by atoms with Gasteiger partial charge in [-0.3, -0.25) is 0 Å². The number of rotatable bonds is 3. The van der Waals surface area contributed by atoms with E-state index in [9.17, 15) is 17.4 Å². The van der Waals surface area contributed by atoms with E-state index in [1.807, 2.05) is 0 Å². The van der Waals surface area contributed by atoms with E-state index < -0.39 is 28.0 Å². The maximum Gasteiger partial charge on any atom is 0.408 e. The lowest BCUT2D eigenvalue weighted by molar-refractivity contribution is -0.152. The third-order valence-electron chi connectivity index (χ3n) is 2.52. The Hall–Kier alpha value is -0.880. The van der Waals surface area contributed by atoms with Gasteiger partial charge in [-0.1, -0.05) is 29.8 Å². The fraction of sp³-hybridized carbons (Fsp3) is 0.538. The summed E-state index contributed by atoms with van der Waals surface area (Å²) in [5.41, 5.74) is 0.942. The molecule has 0 aliphatic rings. The van der Waals surface area contributed by atoms with Gasteiger partial charge in [0.1, 0.15) is 6.04 Å². The Bertz CT molecular complexity index is 448. The van der Waals surface area contributed by atoms with Crippen molar-refractivity contribution in [2.45, 2.75) is 44.7 Å². The van der Waals surface area contributed by atoms with Crippen molar-refractivity contribution >= 4 is 11.0 Å². The van der Waals surface area contributed by atoms with Gasteiger partial charge in [-0.2, -0.15) is 13.2 Å². The van der Waals surface area contributed by atoms with Gasteiger partial charge in [-0.15, -0.1) is 0 Å². The zero-order chi connectivity index (χ0) is 14.8. The van der Waals surface area contributed by atoms with Gasteiger partial charge in [0.15, 0.2) is 0 Å². The predicted octanol–water partition coefficient (Wildman–Crippen LogP) is 3.65. The van der Waals surface area contributed by atoms with Crippen LogP contribution >= 0.6 is 0 Å². The van der Waals surface area contributed by atoms with Gasteiger partial charge in [0, 0.05) is 0 Å². The molecular formula is C13H18F3NOS. The quantitative estimate of drug-likeness (QED) is 0.905. The van der Waals surface area contributed by atoms with E-state index in [0.717, 1.165) is 5.56 Å². The van der Waals surface area contributed by atoms with Crippen molar-refractivity contribution in [3.8, 4) is 0 Å². The molecule has 0 amide bonds. The number of benzene rings is 1. The van der Waals surface area contributed by atoms with Crippen LogP contribution in [0.3, 0.4) is 0 Å². The molecule has 0 bridgehead atoms. The number of halogens is 3. The molecule has 0 radical (unpaired) electrons. The molecule has 0 saturated heterocycles. The lowest BCUT2D eigenvalue weighted by Crippen LogP contribution is -2.41. The van der Waals surface area contributed by atoms with Crippen LogP contribution in [0.5, 0.6) is 0 Å². The van der Waals surface area contributed by atoms with Crippen LogP contribution in [0.1, 0.15) is 37.9 Å². The van der Waals surface area contributed by atoms with E-state index in [2.05, 4.69) is 4.72 Å². The number of hydrogen-bond acceptors (Lipinski definition) is 1. The third-order valence-corrected chi connectivity index (χ3v) is 4.08. The predicted molar refractivity (Wildman–Crippen MR) is 71.0 cm³/mol. The summed E-state index contributed by atoms with van der Waals surface area (Å²) in [5, 5.41) is 0. The monoisotopic (exact) mass is 293 g/mol. The molecule has 1 unspecified atom stereocenters. The van der Waals surface area contributed by atoms with Crippen LogP contribution in [0.25, 0.3) is 0 Å². The van der Waals surface area contributed by atoms with Crippen LogP contribution in [0.15, 0.2) is 24.3 Å². The molecular weight excluding hydrogens is 275 g/mol. The average molecular weight is 293 g/mol. The Morgan fingerprint density at radius 3 is 1.95 bits per heavy atom. The minimum atomic E-state index is -4.49. The summed E-state index contributed by atoms with van der Waals surface area (Å²) in [5.74, 6) is 0. The highest BCUT2D eigenvalue weighted by Gasteiger charge is 2.42. The van der Waals surface area contributed by atoms with Crippen molar-refractivity contribution in [2.75, 3.05) is 0 Å². The van der Waals surface area contributed by atoms with Gasteiger partial charge in [0.05, 0.1) is 15.7 Å². The molecule has 19 heavy (non-hydrogen) atoms. The van der Waals surface area contributed by atoms with Crippen molar-refractivity contribution < 1.29 is 17.4 Å². The van der Waals surface area contributed by atoms with E-state index in [-0.39, 0.29) is 5.56 Å². The lowest BCUT2D eigenvalue weighted by Gasteiger charge is -2.26. The third kappa shape index (κ3) is 4.62. The Kier molecular flexibility index (Phi) is 4.79. The van der Waals surface area contributed by atoms with Gasteiger partial charge < -0.3 is 0 Å². The second-order valence-corrected chi connectivity index (χ2v) is 7.38. The second kappa shape index (κ2) is 5.63. The fourth-order valence-electron chi connectivity index (χ4n) is 1.37. The standard InChI is InChI=1S/C13H18F3NOS/c1-9-5-7-10(8-6-9)11(13(14,15)16)17-19(18)12(2,3)4/h5-8,11,17H,1-4H3/t11-,19?/m1/s1. The average Bonchev–Trinajstić information content (AvgIpc) is 2.24. The highest BCUT2D eigenvalue weighted by Crippen LogP contribution is 2.33. The summed E-state index contributed by atoms with van der Waals surface area (Å²) < 4.78 is 52.5. The second-order valence-electron chi connectivity index (χ2n) is 5.38. The van der Waals surface area contributed by atoms with E-state index in [1.54, 1.807) is 39.8 Å². The van der Waals surface area contributed by atoms with Crippen molar-refractivity contribution in [2.24, 2.45) is 0 Å². The first kappa shape index (κ1) is 16.2. The molecule has 0 aromatic heterocycles. The molecule has 1 aromatic carbocycles. The maximum absolute atomic E-state index is 13.1. The Morgan fingerprint density at radius 1 is 1.11 bits per heavy atom. The molecule has 6 heteroatoms. The number of aryl methyl sites for hydroxylation is 1. The van der Waals surface area contributed by atoms with Crippen LogP contribution in [-0.4, -0.2) is 15.1 Å². The van der Waals surface area contributed by atoms with E-state index in [4.69, 9.17) is 0 Å². The largest absolute Gasteiger partial charge is 0.408 e. The van der Waals surface area contributed by atoms with Crippen LogP contribution in [0.2, 0.25) is 0 Å². The lowest BCUT2D eigenvalue weighted by atomic mass is 10.1. The molecule has 0 aliphatic heterocycles. The van der Waals surface area contributed by atoms with E-state index in [0.29, 0.717) is 0 Å². The summed E-state index contributed by atoms with van der Waals surface area (Å²) in [6, 6.07) is 4.10. The van der Waals surface area contributed by atoms with Gasteiger partial charge in [-0.25, -0.2) is 8.93 Å². The van der Waals surface area contributed by atoms with Crippen molar-refractivity contribution in [3.63, 3.8) is 0 Å². The molecule has 1 rings (SSSR count). The van der Waals surface area contributed by atoms with E-state index >= 15 is 0 Å². The topological polar surface area (TPSA) is 29.1 Å². The van der Waals surface area contributed by atoms with Crippen LogP contribution in [-0.2, 0) is 11.0 Å². The van der Waals surface area contributed by atoms with Crippen LogP contribution in [0.4, 0.5) is 13.2 Å². The highest BCUT2D eigenvalue weighted by atomic mass is 32.2. The van der Waals surface area contributed by atoms with Gasteiger partial charge >= 0.3 is 6.18 Å². The normalized spacial score (nSPS) is 16.2. The number of alkyl halides is 3. The molecule has 1 N–H and O–H groups in total. The van der Waals surface area contributed by atoms with Crippen LogP contribution in [0, 0.1) is 6.92 Å². The molecule has 0 aliphatic carbocycles. The molecule has 2 nitrogen and oxygen atoms in total. The minimum Gasteiger partial charge on any atom is -0.242 e. The molecule has 0 saturated carbocycles. The van der Waals surface area contributed by atoms with Gasteiger partial charge in [0.2, 0.25) is 0 Å². The summed E-state index contributed by atoms with van der Waals surface area (Å²) in [6.45, 7) is 6.67.